The SMILES string of the molecule is NC(=O)c1cccc(CC2CCN(C(=O)c3cnn4cccnc34)C2)c1. The normalized spacial score (nSPS) is 16.9. The summed E-state index contributed by atoms with van der Waals surface area (Å²) in [7, 11) is 0. The van der Waals surface area contributed by atoms with E-state index in [9.17, 15) is 9.59 Å². The van der Waals surface area contributed by atoms with Gasteiger partial charge < -0.3 is 10.6 Å². The summed E-state index contributed by atoms with van der Waals surface area (Å²) >= 11 is 0. The van der Waals surface area contributed by atoms with Gasteiger partial charge in [-0.1, -0.05) is 12.1 Å². The second-order valence-electron chi connectivity index (χ2n) is 6.62. The number of carbonyl (C=O) groups is 2. The highest BCUT2D eigenvalue weighted by Gasteiger charge is 2.29. The maximum Gasteiger partial charge on any atom is 0.259 e. The van der Waals surface area contributed by atoms with Gasteiger partial charge in [0.05, 0.1) is 6.20 Å². The van der Waals surface area contributed by atoms with E-state index in [0.29, 0.717) is 35.8 Å². The van der Waals surface area contributed by atoms with Crippen LogP contribution in [0.5, 0.6) is 0 Å². The number of aromatic nitrogens is 3. The van der Waals surface area contributed by atoms with E-state index in [0.717, 1.165) is 18.4 Å². The highest BCUT2D eigenvalue weighted by atomic mass is 16.2. The smallest absolute Gasteiger partial charge is 0.259 e. The highest BCUT2D eigenvalue weighted by molar-refractivity contribution is 5.99. The molecule has 26 heavy (non-hydrogen) atoms. The fraction of sp³-hybridized carbons (Fsp3) is 0.263. The van der Waals surface area contributed by atoms with Crippen LogP contribution in [0.3, 0.4) is 0 Å². The van der Waals surface area contributed by atoms with Gasteiger partial charge in [-0.25, -0.2) is 9.50 Å². The Bertz CT molecular complexity index is 981. The van der Waals surface area contributed by atoms with Crippen molar-refractivity contribution in [3.63, 3.8) is 0 Å². The molecule has 0 bridgehead atoms. The molecule has 132 valence electrons. The number of primary amides is 1. The molecule has 1 saturated heterocycles. The zero-order valence-electron chi connectivity index (χ0n) is 14.2. The number of nitrogens with zero attached hydrogens (tertiary/aromatic N) is 4. The quantitative estimate of drug-likeness (QED) is 0.773. The van der Waals surface area contributed by atoms with Crippen LogP contribution in [0, 0.1) is 5.92 Å². The largest absolute Gasteiger partial charge is 0.366 e. The van der Waals surface area contributed by atoms with Crippen molar-refractivity contribution >= 4 is 17.5 Å². The Balaban J connectivity index is 1.46. The second-order valence-corrected chi connectivity index (χ2v) is 6.62. The zero-order chi connectivity index (χ0) is 18.1. The fourth-order valence-corrected chi connectivity index (χ4v) is 3.52. The van der Waals surface area contributed by atoms with Crippen LogP contribution in [0.25, 0.3) is 5.65 Å². The predicted molar refractivity (Wildman–Crippen MR) is 95.7 cm³/mol. The van der Waals surface area contributed by atoms with E-state index < -0.39 is 5.91 Å². The average Bonchev–Trinajstić information content (AvgIpc) is 3.28. The first kappa shape index (κ1) is 16.3. The average molecular weight is 349 g/mol. The molecule has 3 heterocycles. The Morgan fingerprint density at radius 2 is 2.15 bits per heavy atom. The number of likely N-dealkylation sites (tertiary alicyclic amines) is 1. The molecule has 1 aromatic carbocycles. The van der Waals surface area contributed by atoms with Crippen LogP contribution >= 0.6 is 0 Å². The monoisotopic (exact) mass is 349 g/mol. The minimum Gasteiger partial charge on any atom is -0.366 e. The minimum atomic E-state index is -0.421. The lowest BCUT2D eigenvalue weighted by atomic mass is 9.97. The third kappa shape index (κ3) is 3.03. The molecule has 0 spiro atoms. The molecule has 3 aromatic rings. The van der Waals surface area contributed by atoms with E-state index >= 15 is 0 Å². The predicted octanol–water partition coefficient (Wildman–Crippen LogP) is 1.53. The molecule has 1 aliphatic heterocycles. The Labute approximate surface area is 150 Å². The summed E-state index contributed by atoms with van der Waals surface area (Å²) in [6, 6.07) is 9.17. The number of benzene rings is 1. The number of hydrogen-bond donors (Lipinski definition) is 1. The van der Waals surface area contributed by atoms with Crippen LogP contribution in [-0.2, 0) is 6.42 Å². The lowest BCUT2D eigenvalue weighted by Gasteiger charge is -2.16. The molecule has 0 aliphatic carbocycles. The molecule has 1 atom stereocenters. The molecule has 2 amide bonds. The summed E-state index contributed by atoms with van der Waals surface area (Å²) in [5.74, 6) is -0.0976. The molecule has 7 heteroatoms. The molecule has 2 N–H and O–H groups in total. The van der Waals surface area contributed by atoms with Crippen LogP contribution in [0.2, 0.25) is 0 Å². The van der Waals surface area contributed by atoms with E-state index in [-0.39, 0.29) is 5.91 Å². The second kappa shape index (κ2) is 6.59. The fourth-order valence-electron chi connectivity index (χ4n) is 3.52. The van der Waals surface area contributed by atoms with Crippen LogP contribution in [0.15, 0.2) is 48.9 Å². The third-order valence-electron chi connectivity index (χ3n) is 4.82. The van der Waals surface area contributed by atoms with Gasteiger partial charge in [0.1, 0.15) is 5.56 Å². The number of nitrogens with two attached hydrogens (primary N) is 1. The molecule has 0 saturated carbocycles. The molecule has 1 aliphatic rings. The Hall–Kier alpha value is -3.22. The van der Waals surface area contributed by atoms with E-state index in [2.05, 4.69) is 10.1 Å². The topological polar surface area (TPSA) is 93.6 Å². The summed E-state index contributed by atoms with van der Waals surface area (Å²) in [4.78, 5) is 30.3. The van der Waals surface area contributed by atoms with E-state index in [1.807, 2.05) is 23.1 Å². The van der Waals surface area contributed by atoms with Gasteiger partial charge in [0.25, 0.3) is 5.91 Å². The number of fused-ring (bicyclic) bond motifs is 1. The highest BCUT2D eigenvalue weighted by Crippen LogP contribution is 2.23. The lowest BCUT2D eigenvalue weighted by Crippen LogP contribution is -2.29. The maximum absolute atomic E-state index is 12.8. The molecule has 7 nitrogen and oxygen atoms in total. The van der Waals surface area contributed by atoms with Crippen LogP contribution in [0.4, 0.5) is 0 Å². The summed E-state index contributed by atoms with van der Waals surface area (Å²) in [6.45, 7) is 1.40. The molecule has 2 aromatic heterocycles. The zero-order valence-corrected chi connectivity index (χ0v) is 14.2. The van der Waals surface area contributed by atoms with Crippen LogP contribution < -0.4 is 5.73 Å². The molecule has 1 unspecified atom stereocenters. The number of carbonyl (C=O) groups excluding carboxylic acids is 2. The van der Waals surface area contributed by atoms with Gasteiger partial charge >= 0.3 is 0 Å². The third-order valence-corrected chi connectivity index (χ3v) is 4.82. The Kier molecular flexibility index (Phi) is 4.12. The van der Waals surface area contributed by atoms with E-state index in [1.165, 1.54) is 0 Å². The minimum absolute atomic E-state index is 0.0351. The number of hydrogen-bond acceptors (Lipinski definition) is 4. The van der Waals surface area contributed by atoms with Crippen molar-refractivity contribution in [2.45, 2.75) is 12.8 Å². The van der Waals surface area contributed by atoms with Crippen LogP contribution in [0.1, 0.15) is 32.7 Å². The first-order valence-corrected chi connectivity index (χ1v) is 8.58. The molecular formula is C19H19N5O2. The van der Waals surface area contributed by atoms with Crippen molar-refractivity contribution in [3.8, 4) is 0 Å². The van der Waals surface area contributed by atoms with Crippen molar-refractivity contribution in [1.29, 1.82) is 0 Å². The van der Waals surface area contributed by atoms with E-state index in [4.69, 9.17) is 5.73 Å². The van der Waals surface area contributed by atoms with Gasteiger partial charge in [0.15, 0.2) is 5.65 Å². The van der Waals surface area contributed by atoms with Gasteiger partial charge in [0.2, 0.25) is 5.91 Å². The van der Waals surface area contributed by atoms with Gasteiger partial charge in [-0.05, 0) is 42.5 Å². The summed E-state index contributed by atoms with van der Waals surface area (Å²) < 4.78 is 1.61. The van der Waals surface area contributed by atoms with Crippen molar-refractivity contribution in [2.75, 3.05) is 13.1 Å². The van der Waals surface area contributed by atoms with Crippen molar-refractivity contribution in [1.82, 2.24) is 19.5 Å². The molecule has 0 radical (unpaired) electrons. The molecule has 4 rings (SSSR count). The molecular weight excluding hydrogens is 330 g/mol. The Morgan fingerprint density at radius 1 is 1.27 bits per heavy atom. The first-order chi connectivity index (χ1) is 12.6. The Morgan fingerprint density at radius 3 is 3.00 bits per heavy atom. The standard InChI is InChI=1S/C19H19N5O2/c20-17(25)15-4-1-3-13(10-15)9-14-5-8-23(12-14)19(26)16-11-22-24-7-2-6-21-18(16)24/h1-4,6-7,10-11,14H,5,8-9,12H2,(H2,20,25). The van der Waals surface area contributed by atoms with Crippen LogP contribution in [-0.4, -0.2) is 44.4 Å². The molecule has 1 fully saturated rings. The van der Waals surface area contributed by atoms with Crippen molar-refractivity contribution in [3.05, 3.63) is 65.6 Å². The van der Waals surface area contributed by atoms with E-state index in [1.54, 1.807) is 35.2 Å². The van der Waals surface area contributed by atoms with Gasteiger partial charge in [-0.2, -0.15) is 5.10 Å². The first-order valence-electron chi connectivity index (χ1n) is 8.58. The van der Waals surface area contributed by atoms with Gasteiger partial charge in [-0.3, -0.25) is 9.59 Å². The van der Waals surface area contributed by atoms with Crippen molar-refractivity contribution in [2.24, 2.45) is 11.7 Å². The van der Waals surface area contributed by atoms with Gasteiger partial charge in [0, 0.05) is 31.0 Å². The lowest BCUT2D eigenvalue weighted by molar-refractivity contribution is 0.0788. The summed E-state index contributed by atoms with van der Waals surface area (Å²) in [5.41, 5.74) is 8.04. The summed E-state index contributed by atoms with van der Waals surface area (Å²) in [6.07, 6.45) is 6.76. The maximum atomic E-state index is 12.8. The summed E-state index contributed by atoms with van der Waals surface area (Å²) in [5, 5.41) is 4.19. The number of rotatable bonds is 4. The number of amides is 2. The van der Waals surface area contributed by atoms with Crippen molar-refractivity contribution < 1.29 is 9.59 Å². The van der Waals surface area contributed by atoms with Gasteiger partial charge in [-0.15, -0.1) is 0 Å².